The van der Waals surface area contributed by atoms with Crippen molar-refractivity contribution in [2.45, 2.75) is 6.92 Å². The van der Waals surface area contributed by atoms with Crippen molar-refractivity contribution in [1.82, 2.24) is 14.8 Å². The maximum Gasteiger partial charge on any atom is 0.260 e. The van der Waals surface area contributed by atoms with Crippen LogP contribution in [0.2, 0.25) is 5.02 Å². The number of aromatic nitrogens is 3. The summed E-state index contributed by atoms with van der Waals surface area (Å²) in [7, 11) is 0. The lowest BCUT2D eigenvalue weighted by molar-refractivity contribution is 0.102. The summed E-state index contributed by atoms with van der Waals surface area (Å²) in [5, 5.41) is 8.24. The van der Waals surface area contributed by atoms with Gasteiger partial charge in [0.2, 0.25) is 0 Å². The zero-order valence-electron chi connectivity index (χ0n) is 13.2. The van der Waals surface area contributed by atoms with E-state index < -0.39 is 0 Å². The number of nitrogens with one attached hydrogen (secondary N) is 1. The summed E-state index contributed by atoms with van der Waals surface area (Å²) in [6.45, 7) is 2.03. The molecule has 0 saturated heterocycles. The van der Waals surface area contributed by atoms with Gasteiger partial charge in [-0.25, -0.2) is 9.67 Å². The number of fused-ring (bicyclic) bond motifs is 1. The lowest BCUT2D eigenvalue weighted by atomic mass is 10.2. The molecule has 4 aromatic rings. The fourth-order valence-corrected chi connectivity index (χ4v) is 3.60. The van der Waals surface area contributed by atoms with E-state index in [-0.39, 0.29) is 5.91 Å². The summed E-state index contributed by atoms with van der Waals surface area (Å²) >= 11 is 7.45. The molecule has 0 radical (unpaired) electrons. The lowest BCUT2D eigenvalue weighted by Gasteiger charge is -2.01. The van der Waals surface area contributed by atoms with Crippen molar-refractivity contribution in [2.24, 2.45) is 0 Å². The molecule has 0 saturated carbocycles. The van der Waals surface area contributed by atoms with Crippen molar-refractivity contribution >= 4 is 44.2 Å². The molecule has 4 rings (SSSR count). The van der Waals surface area contributed by atoms with E-state index in [4.69, 9.17) is 11.6 Å². The van der Waals surface area contributed by atoms with Crippen LogP contribution in [-0.4, -0.2) is 20.7 Å². The van der Waals surface area contributed by atoms with E-state index >= 15 is 0 Å². The number of carbonyl (C=O) groups excluding carboxylic acids is 1. The predicted octanol–water partition coefficient (Wildman–Crippen LogP) is 4.70. The van der Waals surface area contributed by atoms with Gasteiger partial charge in [-0.3, -0.25) is 10.1 Å². The molecule has 5 nitrogen and oxygen atoms in total. The number of benzene rings is 2. The monoisotopic (exact) mass is 368 g/mol. The van der Waals surface area contributed by atoms with Crippen molar-refractivity contribution in [2.75, 3.05) is 5.32 Å². The third-order valence-corrected chi connectivity index (χ3v) is 4.85. The standard InChI is InChI=1S/C18H13ClN4OS/c1-11-5-6-15-16(7-11)25-18(21-15)22-17(24)12-9-20-23(10-12)14-4-2-3-13(19)8-14/h2-10H,1H3,(H,21,22,24). The number of rotatable bonds is 3. The molecular weight excluding hydrogens is 356 g/mol. The van der Waals surface area contributed by atoms with Gasteiger partial charge in [-0.2, -0.15) is 5.10 Å². The highest BCUT2D eigenvalue weighted by molar-refractivity contribution is 7.22. The van der Waals surface area contributed by atoms with Gasteiger partial charge in [0.05, 0.1) is 27.7 Å². The topological polar surface area (TPSA) is 59.8 Å². The molecule has 2 aromatic carbocycles. The van der Waals surface area contributed by atoms with Crippen molar-refractivity contribution in [3.05, 3.63) is 71.0 Å². The number of hydrogen-bond donors (Lipinski definition) is 1. The Morgan fingerprint density at radius 3 is 2.96 bits per heavy atom. The van der Waals surface area contributed by atoms with E-state index in [1.54, 1.807) is 23.0 Å². The Balaban J connectivity index is 1.56. The van der Waals surface area contributed by atoms with Crippen LogP contribution in [0.3, 0.4) is 0 Å². The number of anilines is 1. The highest BCUT2D eigenvalue weighted by atomic mass is 35.5. The second kappa shape index (κ2) is 6.31. The van der Waals surface area contributed by atoms with Crippen molar-refractivity contribution < 1.29 is 4.79 Å². The van der Waals surface area contributed by atoms with Crippen LogP contribution >= 0.6 is 22.9 Å². The highest BCUT2D eigenvalue weighted by Crippen LogP contribution is 2.27. The van der Waals surface area contributed by atoms with Gasteiger partial charge in [0, 0.05) is 11.2 Å². The number of amides is 1. The summed E-state index contributed by atoms with van der Waals surface area (Å²) in [5.41, 5.74) is 3.29. The smallest absolute Gasteiger partial charge is 0.260 e. The molecule has 2 aromatic heterocycles. The molecule has 0 spiro atoms. The molecule has 1 N–H and O–H groups in total. The number of halogens is 1. The first-order valence-electron chi connectivity index (χ1n) is 7.58. The second-order valence-corrected chi connectivity index (χ2v) is 7.06. The predicted molar refractivity (Wildman–Crippen MR) is 101 cm³/mol. The number of aryl methyl sites for hydroxylation is 1. The van der Waals surface area contributed by atoms with Crippen LogP contribution in [0.1, 0.15) is 15.9 Å². The van der Waals surface area contributed by atoms with Gasteiger partial charge in [-0.1, -0.05) is 35.1 Å². The van der Waals surface area contributed by atoms with Crippen LogP contribution in [0.4, 0.5) is 5.13 Å². The van der Waals surface area contributed by atoms with Gasteiger partial charge in [0.1, 0.15) is 0 Å². The van der Waals surface area contributed by atoms with E-state index in [0.29, 0.717) is 15.7 Å². The van der Waals surface area contributed by atoms with Gasteiger partial charge in [0.15, 0.2) is 5.13 Å². The third kappa shape index (κ3) is 3.26. The van der Waals surface area contributed by atoms with Crippen LogP contribution in [0.15, 0.2) is 54.9 Å². The largest absolute Gasteiger partial charge is 0.298 e. The Kier molecular flexibility index (Phi) is 3.99. The number of thiazole rings is 1. The van der Waals surface area contributed by atoms with E-state index in [9.17, 15) is 4.79 Å². The molecule has 1 amide bonds. The van der Waals surface area contributed by atoms with Crippen LogP contribution in [0, 0.1) is 6.92 Å². The minimum absolute atomic E-state index is 0.246. The summed E-state index contributed by atoms with van der Waals surface area (Å²) in [5.74, 6) is -0.246. The van der Waals surface area contributed by atoms with Crippen LogP contribution in [0.25, 0.3) is 15.9 Å². The first-order valence-corrected chi connectivity index (χ1v) is 8.77. The Labute approximate surface area is 152 Å². The number of nitrogens with zero attached hydrogens (tertiary/aromatic N) is 3. The first kappa shape index (κ1) is 15.8. The van der Waals surface area contributed by atoms with Gasteiger partial charge >= 0.3 is 0 Å². The SMILES string of the molecule is Cc1ccc2nc(NC(=O)c3cnn(-c4cccc(Cl)c4)c3)sc2c1. The fourth-order valence-electron chi connectivity index (χ4n) is 2.45. The average molecular weight is 369 g/mol. The van der Waals surface area contributed by atoms with E-state index in [0.717, 1.165) is 21.5 Å². The minimum atomic E-state index is -0.246. The molecule has 0 aliphatic heterocycles. The van der Waals surface area contributed by atoms with Gasteiger partial charge in [0.25, 0.3) is 5.91 Å². The van der Waals surface area contributed by atoms with E-state index in [2.05, 4.69) is 21.5 Å². The summed E-state index contributed by atoms with van der Waals surface area (Å²) in [6.07, 6.45) is 3.19. The van der Waals surface area contributed by atoms with Crippen LogP contribution in [-0.2, 0) is 0 Å². The van der Waals surface area contributed by atoms with Gasteiger partial charge in [-0.15, -0.1) is 0 Å². The first-order chi connectivity index (χ1) is 12.1. The second-order valence-electron chi connectivity index (χ2n) is 5.60. The van der Waals surface area contributed by atoms with E-state index in [1.165, 1.54) is 17.5 Å². The van der Waals surface area contributed by atoms with Crippen molar-refractivity contribution in [3.8, 4) is 5.69 Å². The van der Waals surface area contributed by atoms with Gasteiger partial charge < -0.3 is 0 Å². The summed E-state index contributed by atoms with van der Waals surface area (Å²) in [4.78, 5) is 16.9. The molecule has 124 valence electrons. The highest BCUT2D eigenvalue weighted by Gasteiger charge is 2.12. The molecule has 0 aliphatic rings. The number of hydrogen-bond acceptors (Lipinski definition) is 4. The third-order valence-electron chi connectivity index (χ3n) is 3.68. The summed E-state index contributed by atoms with van der Waals surface area (Å²) < 4.78 is 2.66. The Morgan fingerprint density at radius 2 is 2.12 bits per heavy atom. The van der Waals surface area contributed by atoms with Crippen molar-refractivity contribution in [1.29, 1.82) is 0 Å². The Morgan fingerprint density at radius 1 is 1.24 bits per heavy atom. The average Bonchev–Trinajstić information content (AvgIpc) is 3.21. The quantitative estimate of drug-likeness (QED) is 0.570. The molecule has 0 bridgehead atoms. The van der Waals surface area contributed by atoms with Crippen LogP contribution < -0.4 is 5.32 Å². The number of carbonyl (C=O) groups is 1. The fraction of sp³-hybridized carbons (Fsp3) is 0.0556. The maximum absolute atomic E-state index is 12.4. The van der Waals surface area contributed by atoms with Gasteiger partial charge in [-0.05, 0) is 42.8 Å². The molecule has 7 heteroatoms. The molecule has 0 unspecified atom stereocenters. The Bertz CT molecular complexity index is 1090. The maximum atomic E-state index is 12.4. The lowest BCUT2D eigenvalue weighted by Crippen LogP contribution is -2.10. The summed E-state index contributed by atoms with van der Waals surface area (Å²) in [6, 6.07) is 13.3. The van der Waals surface area contributed by atoms with Crippen molar-refractivity contribution in [3.63, 3.8) is 0 Å². The molecule has 25 heavy (non-hydrogen) atoms. The van der Waals surface area contributed by atoms with Crippen LogP contribution in [0.5, 0.6) is 0 Å². The molecule has 0 fully saturated rings. The molecule has 0 atom stereocenters. The normalized spacial score (nSPS) is 11.0. The van der Waals surface area contributed by atoms with E-state index in [1.807, 2.05) is 31.2 Å². The minimum Gasteiger partial charge on any atom is -0.298 e. The zero-order valence-corrected chi connectivity index (χ0v) is 14.8. The zero-order chi connectivity index (χ0) is 17.4. The molecule has 2 heterocycles. The molecule has 0 aliphatic carbocycles. The Hall–Kier alpha value is -2.70. The molecular formula is C18H13ClN4OS.